The molecular formula is C9H15BrN2O3S2. The molecule has 0 aromatic carbocycles. The molecule has 0 fully saturated rings. The number of methoxy groups -OCH3 is 1. The van der Waals surface area contributed by atoms with Crippen LogP contribution in [-0.4, -0.2) is 38.5 Å². The summed E-state index contributed by atoms with van der Waals surface area (Å²) in [5.74, 6) is 0. The van der Waals surface area contributed by atoms with E-state index >= 15 is 0 Å². The molecule has 0 aliphatic carbocycles. The van der Waals surface area contributed by atoms with E-state index in [9.17, 15) is 8.42 Å². The number of ether oxygens (including phenoxy) is 1. The van der Waals surface area contributed by atoms with Gasteiger partial charge in [-0.3, -0.25) is 0 Å². The number of sulfonamides is 1. The molecule has 5 nitrogen and oxygen atoms in total. The largest absolute Gasteiger partial charge is 0.383 e. The van der Waals surface area contributed by atoms with Crippen molar-refractivity contribution in [3.63, 3.8) is 0 Å². The van der Waals surface area contributed by atoms with Gasteiger partial charge >= 0.3 is 0 Å². The molecule has 1 rings (SSSR count). The van der Waals surface area contributed by atoms with Crippen LogP contribution in [0.1, 0.15) is 11.4 Å². The molecule has 1 aromatic heterocycles. The van der Waals surface area contributed by atoms with Gasteiger partial charge < -0.3 is 4.74 Å². The number of thiazole rings is 1. The zero-order chi connectivity index (χ0) is 12.9. The summed E-state index contributed by atoms with van der Waals surface area (Å²) in [6.45, 7) is 2.12. The Kier molecular flexibility index (Phi) is 6.01. The molecule has 1 heterocycles. The van der Waals surface area contributed by atoms with E-state index in [4.69, 9.17) is 4.74 Å². The fourth-order valence-electron chi connectivity index (χ4n) is 1.25. The average molecular weight is 343 g/mol. The summed E-state index contributed by atoms with van der Waals surface area (Å²) in [5, 5.41) is 1.44. The molecule has 17 heavy (non-hydrogen) atoms. The van der Waals surface area contributed by atoms with Crippen molar-refractivity contribution in [1.82, 2.24) is 9.71 Å². The molecule has 0 radical (unpaired) electrons. The molecular weight excluding hydrogens is 328 g/mol. The van der Waals surface area contributed by atoms with Crippen molar-refractivity contribution in [3.05, 3.63) is 11.2 Å². The monoisotopic (exact) mass is 342 g/mol. The Bertz CT molecular complexity index is 441. The van der Waals surface area contributed by atoms with Crippen LogP contribution in [-0.2, 0) is 14.8 Å². The fraction of sp³-hybridized carbons (Fsp3) is 0.667. The van der Waals surface area contributed by atoms with E-state index in [0.717, 1.165) is 16.3 Å². The number of hydrogen-bond acceptors (Lipinski definition) is 5. The lowest BCUT2D eigenvalue weighted by molar-refractivity contribution is 0.173. The van der Waals surface area contributed by atoms with Crippen molar-refractivity contribution in [1.29, 1.82) is 0 Å². The predicted octanol–water partition coefficient (Wildman–Crippen LogP) is 1.53. The van der Waals surface area contributed by atoms with Crippen LogP contribution in [0.5, 0.6) is 0 Å². The summed E-state index contributed by atoms with van der Waals surface area (Å²) in [6, 6.07) is -0.230. The molecule has 0 aliphatic rings. The average Bonchev–Trinajstić information content (AvgIpc) is 2.66. The number of aryl methyl sites for hydroxylation is 1. The van der Waals surface area contributed by atoms with Gasteiger partial charge in [-0.2, -0.15) is 0 Å². The molecule has 0 bridgehead atoms. The molecule has 0 aliphatic heterocycles. The minimum Gasteiger partial charge on any atom is -0.383 e. The van der Waals surface area contributed by atoms with Gasteiger partial charge in [-0.1, -0.05) is 15.9 Å². The molecule has 0 amide bonds. The minimum atomic E-state index is -3.48. The Morgan fingerprint density at radius 2 is 2.35 bits per heavy atom. The van der Waals surface area contributed by atoms with E-state index in [1.165, 1.54) is 6.20 Å². The highest BCUT2D eigenvalue weighted by Crippen LogP contribution is 2.18. The van der Waals surface area contributed by atoms with Crippen molar-refractivity contribution < 1.29 is 13.2 Å². The van der Waals surface area contributed by atoms with Crippen molar-refractivity contribution >= 4 is 37.3 Å². The second-order valence-electron chi connectivity index (χ2n) is 3.45. The molecule has 0 spiro atoms. The van der Waals surface area contributed by atoms with Crippen LogP contribution in [0.15, 0.2) is 10.4 Å². The van der Waals surface area contributed by atoms with Crippen LogP contribution >= 0.6 is 27.3 Å². The quantitative estimate of drug-likeness (QED) is 0.763. The van der Waals surface area contributed by atoms with Crippen molar-refractivity contribution in [3.8, 4) is 0 Å². The van der Waals surface area contributed by atoms with Crippen LogP contribution in [0.25, 0.3) is 0 Å². The third kappa shape index (κ3) is 4.63. The Hall–Kier alpha value is -0.0200. The van der Waals surface area contributed by atoms with E-state index in [-0.39, 0.29) is 10.3 Å². The summed E-state index contributed by atoms with van der Waals surface area (Å²) >= 11 is 4.45. The maximum Gasteiger partial charge on any atom is 0.252 e. The summed E-state index contributed by atoms with van der Waals surface area (Å²) in [5.41, 5.74) is 0. The van der Waals surface area contributed by atoms with Crippen molar-refractivity contribution in [2.24, 2.45) is 0 Å². The maximum atomic E-state index is 12.0. The third-order valence-corrected chi connectivity index (χ3v) is 5.36. The van der Waals surface area contributed by atoms with E-state index in [1.807, 2.05) is 0 Å². The second-order valence-corrected chi connectivity index (χ2v) is 7.42. The first-order valence-electron chi connectivity index (χ1n) is 4.99. The number of rotatable bonds is 7. The van der Waals surface area contributed by atoms with E-state index in [2.05, 4.69) is 25.6 Å². The normalized spacial score (nSPS) is 13.8. The van der Waals surface area contributed by atoms with Crippen LogP contribution in [0.4, 0.5) is 0 Å². The Balaban J connectivity index is 2.77. The van der Waals surface area contributed by atoms with Gasteiger partial charge in [0.05, 0.1) is 17.8 Å². The lowest BCUT2D eigenvalue weighted by Gasteiger charge is -2.15. The first-order chi connectivity index (χ1) is 7.99. The van der Waals surface area contributed by atoms with Crippen LogP contribution in [0, 0.1) is 6.92 Å². The number of alkyl halides is 1. The predicted molar refractivity (Wildman–Crippen MR) is 71.2 cm³/mol. The van der Waals surface area contributed by atoms with E-state index < -0.39 is 10.0 Å². The Morgan fingerprint density at radius 1 is 1.65 bits per heavy atom. The van der Waals surface area contributed by atoms with Gasteiger partial charge in [0.2, 0.25) is 0 Å². The summed E-state index contributed by atoms with van der Waals surface area (Å²) in [7, 11) is -1.93. The van der Waals surface area contributed by atoms with Gasteiger partial charge in [0, 0.05) is 18.5 Å². The number of nitrogens with one attached hydrogen (secondary N) is 1. The highest BCUT2D eigenvalue weighted by atomic mass is 79.9. The molecule has 1 N–H and O–H groups in total. The minimum absolute atomic E-state index is 0.230. The number of halogens is 1. The topological polar surface area (TPSA) is 68.3 Å². The van der Waals surface area contributed by atoms with Crippen molar-refractivity contribution in [2.45, 2.75) is 23.6 Å². The molecule has 1 unspecified atom stereocenters. The number of nitrogens with zero attached hydrogens (tertiary/aromatic N) is 1. The molecule has 0 saturated heterocycles. The number of aromatic nitrogens is 1. The van der Waals surface area contributed by atoms with E-state index in [0.29, 0.717) is 18.4 Å². The van der Waals surface area contributed by atoms with Gasteiger partial charge in [0.1, 0.15) is 0 Å². The smallest absolute Gasteiger partial charge is 0.252 e. The SMILES string of the molecule is COCC(CCBr)NS(=O)(=O)c1cnc(C)s1. The van der Waals surface area contributed by atoms with Gasteiger partial charge in [-0.25, -0.2) is 18.1 Å². The lowest BCUT2D eigenvalue weighted by atomic mass is 10.3. The van der Waals surface area contributed by atoms with Crippen LogP contribution < -0.4 is 4.72 Å². The second kappa shape index (κ2) is 6.79. The highest BCUT2D eigenvalue weighted by molar-refractivity contribution is 9.09. The molecule has 8 heteroatoms. The third-order valence-electron chi connectivity index (χ3n) is 2.01. The number of hydrogen-bond donors (Lipinski definition) is 1. The lowest BCUT2D eigenvalue weighted by Crippen LogP contribution is -2.37. The van der Waals surface area contributed by atoms with E-state index in [1.54, 1.807) is 14.0 Å². The van der Waals surface area contributed by atoms with Crippen LogP contribution in [0.3, 0.4) is 0 Å². The van der Waals surface area contributed by atoms with Crippen LogP contribution in [0.2, 0.25) is 0 Å². The first kappa shape index (κ1) is 15.0. The summed E-state index contributed by atoms with van der Waals surface area (Å²) in [6.07, 6.45) is 2.05. The van der Waals surface area contributed by atoms with Gasteiger partial charge in [0.15, 0.2) is 4.21 Å². The van der Waals surface area contributed by atoms with Gasteiger partial charge in [-0.05, 0) is 13.3 Å². The fourth-order valence-corrected chi connectivity index (χ4v) is 4.18. The zero-order valence-electron chi connectivity index (χ0n) is 9.64. The molecule has 0 saturated carbocycles. The Labute approximate surface area is 114 Å². The summed E-state index contributed by atoms with van der Waals surface area (Å²) in [4.78, 5) is 3.94. The summed E-state index contributed by atoms with van der Waals surface area (Å²) < 4.78 is 31.8. The maximum absolute atomic E-state index is 12.0. The molecule has 98 valence electrons. The molecule has 1 atom stereocenters. The first-order valence-corrected chi connectivity index (χ1v) is 8.41. The highest BCUT2D eigenvalue weighted by Gasteiger charge is 2.21. The van der Waals surface area contributed by atoms with Crippen molar-refractivity contribution in [2.75, 3.05) is 19.0 Å². The standard InChI is InChI=1S/C9H15BrN2O3S2/c1-7-11-5-9(16-7)17(13,14)12-8(3-4-10)6-15-2/h5,8,12H,3-4,6H2,1-2H3. The Morgan fingerprint density at radius 3 is 2.82 bits per heavy atom. The van der Waals surface area contributed by atoms with Gasteiger partial charge in [-0.15, -0.1) is 11.3 Å². The molecule has 1 aromatic rings. The zero-order valence-corrected chi connectivity index (χ0v) is 12.9. The van der Waals surface area contributed by atoms with Gasteiger partial charge in [0.25, 0.3) is 10.0 Å².